The SMILES string of the molecule is Cn1cc(-c2cc3cc(CC(=O)[C@@H]4CCCO4)ncc3cn2)cn1. The van der Waals surface area contributed by atoms with Crippen molar-refractivity contribution in [2.75, 3.05) is 6.61 Å². The van der Waals surface area contributed by atoms with E-state index in [0.29, 0.717) is 13.0 Å². The molecule has 1 fully saturated rings. The Hall–Kier alpha value is -2.60. The minimum absolute atomic E-state index is 0.112. The lowest BCUT2D eigenvalue weighted by Gasteiger charge is -2.08. The van der Waals surface area contributed by atoms with E-state index < -0.39 is 0 Å². The second-order valence-corrected chi connectivity index (χ2v) is 6.14. The predicted molar refractivity (Wildman–Crippen MR) is 89.4 cm³/mol. The molecule has 0 radical (unpaired) electrons. The first-order valence-electron chi connectivity index (χ1n) is 8.07. The number of hydrogen-bond donors (Lipinski definition) is 0. The first-order valence-corrected chi connectivity index (χ1v) is 8.07. The van der Waals surface area contributed by atoms with Crippen molar-refractivity contribution in [2.24, 2.45) is 7.05 Å². The van der Waals surface area contributed by atoms with Crippen molar-refractivity contribution in [1.82, 2.24) is 19.7 Å². The third kappa shape index (κ3) is 2.92. The number of carbonyl (C=O) groups excluding carboxylic acids is 1. The number of aryl methyl sites for hydroxylation is 1. The van der Waals surface area contributed by atoms with Gasteiger partial charge in [-0.1, -0.05) is 0 Å². The maximum absolute atomic E-state index is 12.3. The summed E-state index contributed by atoms with van der Waals surface area (Å²) in [6, 6.07) is 3.97. The molecule has 0 unspecified atom stereocenters. The molecule has 0 N–H and O–H groups in total. The number of Topliss-reactive ketones (excluding diaryl/α,β-unsaturated/α-hetero) is 1. The molecule has 6 nitrogen and oxygen atoms in total. The summed E-state index contributed by atoms with van der Waals surface area (Å²) in [5.74, 6) is 0.112. The largest absolute Gasteiger partial charge is 0.370 e. The van der Waals surface area contributed by atoms with Crippen LogP contribution in [0.15, 0.2) is 36.9 Å². The normalized spacial score (nSPS) is 17.5. The van der Waals surface area contributed by atoms with Crippen molar-refractivity contribution >= 4 is 16.6 Å². The smallest absolute Gasteiger partial charge is 0.167 e. The fourth-order valence-corrected chi connectivity index (χ4v) is 3.02. The first-order chi connectivity index (χ1) is 11.7. The van der Waals surface area contributed by atoms with Gasteiger partial charge in [0, 0.05) is 48.9 Å². The van der Waals surface area contributed by atoms with E-state index in [9.17, 15) is 4.79 Å². The molecule has 0 aliphatic carbocycles. The Balaban J connectivity index is 1.62. The maximum Gasteiger partial charge on any atom is 0.167 e. The van der Waals surface area contributed by atoms with E-state index in [2.05, 4.69) is 15.1 Å². The van der Waals surface area contributed by atoms with Crippen LogP contribution in [-0.2, 0) is 23.0 Å². The number of pyridine rings is 2. The number of fused-ring (bicyclic) bond motifs is 1. The highest BCUT2D eigenvalue weighted by Crippen LogP contribution is 2.22. The van der Waals surface area contributed by atoms with Crippen molar-refractivity contribution in [1.29, 1.82) is 0 Å². The topological polar surface area (TPSA) is 69.9 Å². The second-order valence-electron chi connectivity index (χ2n) is 6.14. The van der Waals surface area contributed by atoms with Crippen LogP contribution >= 0.6 is 0 Å². The van der Waals surface area contributed by atoms with Crippen LogP contribution in [0.25, 0.3) is 22.0 Å². The molecule has 3 aromatic rings. The predicted octanol–water partition coefficient (Wildman–Crippen LogP) is 2.32. The van der Waals surface area contributed by atoms with Crippen LogP contribution < -0.4 is 0 Å². The van der Waals surface area contributed by atoms with Gasteiger partial charge in [0.25, 0.3) is 0 Å². The Morgan fingerprint density at radius 3 is 2.88 bits per heavy atom. The Morgan fingerprint density at radius 1 is 1.25 bits per heavy atom. The highest BCUT2D eigenvalue weighted by atomic mass is 16.5. The Labute approximate surface area is 139 Å². The minimum Gasteiger partial charge on any atom is -0.370 e. The number of nitrogens with zero attached hydrogens (tertiary/aromatic N) is 4. The number of aromatic nitrogens is 4. The molecule has 0 bridgehead atoms. The van der Waals surface area contributed by atoms with Crippen molar-refractivity contribution in [2.45, 2.75) is 25.4 Å². The summed E-state index contributed by atoms with van der Waals surface area (Å²) >= 11 is 0. The maximum atomic E-state index is 12.3. The summed E-state index contributed by atoms with van der Waals surface area (Å²) < 4.78 is 7.21. The van der Waals surface area contributed by atoms with Gasteiger partial charge in [-0.25, -0.2) is 0 Å². The summed E-state index contributed by atoms with van der Waals surface area (Å²) in [5.41, 5.74) is 2.60. The van der Waals surface area contributed by atoms with Gasteiger partial charge in [0.15, 0.2) is 5.78 Å². The molecule has 24 heavy (non-hydrogen) atoms. The highest BCUT2D eigenvalue weighted by Gasteiger charge is 2.23. The van der Waals surface area contributed by atoms with E-state index in [1.54, 1.807) is 23.3 Å². The minimum atomic E-state index is -0.258. The zero-order valence-electron chi connectivity index (χ0n) is 13.5. The fourth-order valence-electron chi connectivity index (χ4n) is 3.02. The quantitative estimate of drug-likeness (QED) is 0.737. The number of rotatable bonds is 4. The Bertz CT molecular complexity index is 897. The van der Waals surface area contributed by atoms with Crippen molar-refractivity contribution in [3.8, 4) is 11.3 Å². The third-order valence-corrected chi connectivity index (χ3v) is 4.30. The molecule has 122 valence electrons. The zero-order chi connectivity index (χ0) is 16.5. The fraction of sp³-hybridized carbons (Fsp3) is 0.333. The van der Waals surface area contributed by atoms with E-state index >= 15 is 0 Å². The molecule has 1 aliphatic heterocycles. The molecule has 1 aliphatic rings. The van der Waals surface area contributed by atoms with Crippen LogP contribution in [0, 0.1) is 0 Å². The lowest BCUT2D eigenvalue weighted by Crippen LogP contribution is -2.21. The monoisotopic (exact) mass is 322 g/mol. The second kappa shape index (κ2) is 6.13. The molecule has 0 amide bonds. The summed E-state index contributed by atoms with van der Waals surface area (Å²) in [6.07, 6.45) is 9.12. The van der Waals surface area contributed by atoms with Crippen molar-refractivity contribution in [3.05, 3.63) is 42.6 Å². The van der Waals surface area contributed by atoms with Crippen molar-refractivity contribution < 1.29 is 9.53 Å². The summed E-state index contributed by atoms with van der Waals surface area (Å²) in [6.45, 7) is 0.682. The van der Waals surface area contributed by atoms with E-state index in [1.165, 1.54) is 0 Å². The molecular formula is C18H18N4O2. The average Bonchev–Trinajstić information content (AvgIpc) is 3.25. The van der Waals surface area contributed by atoms with E-state index in [4.69, 9.17) is 4.74 Å². The lowest BCUT2D eigenvalue weighted by atomic mass is 10.1. The van der Waals surface area contributed by atoms with Crippen LogP contribution in [0.5, 0.6) is 0 Å². The lowest BCUT2D eigenvalue weighted by molar-refractivity contribution is -0.127. The van der Waals surface area contributed by atoms with Crippen molar-refractivity contribution in [3.63, 3.8) is 0 Å². The van der Waals surface area contributed by atoms with Gasteiger partial charge in [-0.3, -0.25) is 19.4 Å². The summed E-state index contributed by atoms with van der Waals surface area (Å²) in [7, 11) is 1.88. The molecule has 0 saturated carbocycles. The van der Waals surface area contributed by atoms with E-state index in [1.807, 2.05) is 25.4 Å². The summed E-state index contributed by atoms with van der Waals surface area (Å²) in [4.78, 5) is 21.1. The van der Waals surface area contributed by atoms with Crippen LogP contribution in [0.3, 0.4) is 0 Å². The van der Waals surface area contributed by atoms with E-state index in [-0.39, 0.29) is 11.9 Å². The molecule has 6 heteroatoms. The van der Waals surface area contributed by atoms with Gasteiger partial charge in [0.05, 0.1) is 18.3 Å². The number of carbonyl (C=O) groups is 1. The van der Waals surface area contributed by atoms with E-state index in [0.717, 1.165) is 40.6 Å². The van der Waals surface area contributed by atoms with Gasteiger partial charge in [0.1, 0.15) is 6.10 Å². The molecule has 4 heterocycles. The zero-order valence-corrected chi connectivity index (χ0v) is 13.5. The molecule has 0 aromatic carbocycles. The average molecular weight is 322 g/mol. The number of ketones is 1. The highest BCUT2D eigenvalue weighted by molar-refractivity contribution is 5.88. The van der Waals surface area contributed by atoms with Crippen LogP contribution in [0.4, 0.5) is 0 Å². The van der Waals surface area contributed by atoms with Crippen LogP contribution in [-0.4, -0.2) is 38.2 Å². The molecule has 0 spiro atoms. The van der Waals surface area contributed by atoms with Gasteiger partial charge >= 0.3 is 0 Å². The Morgan fingerprint density at radius 2 is 2.12 bits per heavy atom. The van der Waals surface area contributed by atoms with Gasteiger partial charge in [-0.2, -0.15) is 5.10 Å². The summed E-state index contributed by atoms with van der Waals surface area (Å²) in [5, 5.41) is 6.16. The molecular weight excluding hydrogens is 304 g/mol. The van der Waals surface area contributed by atoms with Gasteiger partial charge < -0.3 is 4.74 Å². The molecule has 4 rings (SSSR count). The Kier molecular flexibility index (Phi) is 3.82. The van der Waals surface area contributed by atoms with Crippen LogP contribution in [0.2, 0.25) is 0 Å². The molecule has 1 atom stereocenters. The third-order valence-electron chi connectivity index (χ3n) is 4.30. The van der Waals surface area contributed by atoms with Crippen LogP contribution in [0.1, 0.15) is 18.5 Å². The molecule has 3 aromatic heterocycles. The first kappa shape index (κ1) is 15.0. The van der Waals surface area contributed by atoms with Gasteiger partial charge in [-0.15, -0.1) is 0 Å². The van der Waals surface area contributed by atoms with Gasteiger partial charge in [-0.05, 0) is 30.4 Å². The number of ether oxygens (including phenoxy) is 1. The number of hydrogen-bond acceptors (Lipinski definition) is 5. The molecule has 1 saturated heterocycles. The van der Waals surface area contributed by atoms with Gasteiger partial charge in [0.2, 0.25) is 0 Å². The standard InChI is InChI=1S/C18H18N4O2/c1-22-11-14(10-21-22)16-6-12-5-15(19-8-13(12)9-20-16)7-17(23)18-3-2-4-24-18/h5-6,8-11,18H,2-4,7H2,1H3/t18-/m0/s1.